The number of carbonyl (C=O) groups is 1. The predicted octanol–water partition coefficient (Wildman–Crippen LogP) is 2.39. The van der Waals surface area contributed by atoms with Crippen molar-refractivity contribution in [3.05, 3.63) is 40.7 Å². The first-order chi connectivity index (χ1) is 10.1. The summed E-state index contributed by atoms with van der Waals surface area (Å²) in [4.78, 5) is 14.4. The lowest BCUT2D eigenvalue weighted by atomic mass is 10.3. The van der Waals surface area contributed by atoms with E-state index in [0.29, 0.717) is 30.2 Å². The Bertz CT molecular complexity index is 601. The molecular weight excluding hydrogens is 293 g/mol. The van der Waals surface area contributed by atoms with Gasteiger partial charge in [-0.05, 0) is 42.2 Å². The summed E-state index contributed by atoms with van der Waals surface area (Å²) in [6.45, 7) is 2.70. The first-order valence-corrected chi connectivity index (χ1v) is 7.34. The van der Waals surface area contributed by atoms with Gasteiger partial charge >= 0.3 is 0 Å². The number of aryl methyl sites for hydroxylation is 1. The maximum absolute atomic E-state index is 12.8. The Morgan fingerprint density at radius 2 is 2.10 bits per heavy atom. The van der Waals surface area contributed by atoms with Crippen LogP contribution >= 0.6 is 11.5 Å². The Morgan fingerprint density at radius 3 is 2.76 bits per heavy atom. The van der Waals surface area contributed by atoms with Crippen molar-refractivity contribution in [2.75, 3.05) is 20.2 Å². The molecular formula is C14H16FN3O2S. The molecule has 2 rings (SSSR count). The van der Waals surface area contributed by atoms with Crippen molar-refractivity contribution in [2.24, 2.45) is 0 Å². The van der Waals surface area contributed by atoms with Crippen LogP contribution in [0.3, 0.4) is 0 Å². The minimum absolute atomic E-state index is 0.107. The van der Waals surface area contributed by atoms with Crippen molar-refractivity contribution in [1.29, 1.82) is 0 Å². The molecule has 0 atom stereocenters. The van der Waals surface area contributed by atoms with Crippen molar-refractivity contribution < 1.29 is 13.9 Å². The molecule has 7 heteroatoms. The van der Waals surface area contributed by atoms with Gasteiger partial charge in [-0.25, -0.2) is 4.39 Å². The van der Waals surface area contributed by atoms with E-state index in [-0.39, 0.29) is 11.7 Å². The van der Waals surface area contributed by atoms with Gasteiger partial charge in [-0.2, -0.15) is 0 Å². The smallest absolute Gasteiger partial charge is 0.267 e. The lowest BCUT2D eigenvalue weighted by molar-refractivity contribution is 0.0777. The van der Waals surface area contributed by atoms with Crippen molar-refractivity contribution in [3.63, 3.8) is 0 Å². The van der Waals surface area contributed by atoms with Gasteiger partial charge in [-0.1, -0.05) is 11.4 Å². The zero-order valence-corrected chi connectivity index (χ0v) is 12.7. The molecule has 0 N–H and O–H groups in total. The van der Waals surface area contributed by atoms with Crippen molar-refractivity contribution in [1.82, 2.24) is 14.5 Å². The number of halogens is 1. The van der Waals surface area contributed by atoms with Gasteiger partial charge in [-0.15, -0.1) is 5.10 Å². The summed E-state index contributed by atoms with van der Waals surface area (Å²) in [5, 5.41) is 3.93. The summed E-state index contributed by atoms with van der Waals surface area (Å²) in [5.41, 5.74) is 0.719. The lowest BCUT2D eigenvalue weighted by Gasteiger charge is -2.16. The van der Waals surface area contributed by atoms with Crippen LogP contribution in [0.5, 0.6) is 5.75 Å². The number of ether oxygens (including phenoxy) is 1. The number of carbonyl (C=O) groups excluding carboxylic acids is 1. The summed E-state index contributed by atoms with van der Waals surface area (Å²) in [5.74, 6) is 0.162. The summed E-state index contributed by atoms with van der Waals surface area (Å²) in [6, 6.07) is 5.78. The standard InChI is InChI=1S/C14H16FN3O2S/c1-3-12-13(21-17-16-12)14(19)18(2)8-9-20-11-6-4-10(15)5-7-11/h4-7H,3,8-9H2,1-2H3. The number of rotatable bonds is 6. The van der Waals surface area contributed by atoms with Gasteiger partial charge in [0.25, 0.3) is 5.91 Å². The Labute approximate surface area is 126 Å². The van der Waals surface area contributed by atoms with Crippen molar-refractivity contribution in [2.45, 2.75) is 13.3 Å². The largest absolute Gasteiger partial charge is 0.492 e. The average Bonchev–Trinajstić information content (AvgIpc) is 2.96. The van der Waals surface area contributed by atoms with Gasteiger partial charge in [0.2, 0.25) is 0 Å². The normalized spacial score (nSPS) is 10.4. The fraction of sp³-hybridized carbons (Fsp3) is 0.357. The molecule has 1 heterocycles. The van der Waals surface area contributed by atoms with E-state index in [0.717, 1.165) is 17.2 Å². The molecule has 5 nitrogen and oxygen atoms in total. The third kappa shape index (κ3) is 3.98. The third-order valence-corrected chi connectivity index (χ3v) is 3.70. The van der Waals surface area contributed by atoms with Crippen LogP contribution in [0.25, 0.3) is 0 Å². The van der Waals surface area contributed by atoms with Gasteiger partial charge in [-0.3, -0.25) is 4.79 Å². The summed E-state index contributed by atoms with van der Waals surface area (Å²) in [6.07, 6.45) is 0.678. The summed E-state index contributed by atoms with van der Waals surface area (Å²) in [7, 11) is 1.70. The van der Waals surface area contributed by atoms with Crippen LogP contribution in [0.1, 0.15) is 22.3 Å². The second-order valence-corrected chi connectivity index (χ2v) is 5.19. The van der Waals surface area contributed by atoms with Gasteiger partial charge in [0, 0.05) is 7.05 Å². The van der Waals surface area contributed by atoms with Gasteiger partial charge in [0.05, 0.1) is 12.2 Å². The van der Waals surface area contributed by atoms with E-state index < -0.39 is 0 Å². The quantitative estimate of drug-likeness (QED) is 0.822. The zero-order chi connectivity index (χ0) is 15.2. The second kappa shape index (κ2) is 7.12. The molecule has 0 radical (unpaired) electrons. The van der Waals surface area contributed by atoms with Crippen LogP contribution in [-0.2, 0) is 6.42 Å². The van der Waals surface area contributed by atoms with Gasteiger partial charge < -0.3 is 9.64 Å². The first kappa shape index (κ1) is 15.4. The molecule has 1 aromatic carbocycles. The number of likely N-dealkylation sites (N-methyl/N-ethyl adjacent to an activating group) is 1. The molecule has 21 heavy (non-hydrogen) atoms. The van der Waals surface area contributed by atoms with Crippen LogP contribution in [0.4, 0.5) is 4.39 Å². The summed E-state index contributed by atoms with van der Waals surface area (Å²) >= 11 is 1.11. The first-order valence-electron chi connectivity index (χ1n) is 6.57. The SMILES string of the molecule is CCc1nnsc1C(=O)N(C)CCOc1ccc(F)cc1. The number of aromatic nitrogens is 2. The molecule has 0 saturated heterocycles. The van der Waals surface area contributed by atoms with Crippen LogP contribution < -0.4 is 4.74 Å². The van der Waals surface area contributed by atoms with Crippen LogP contribution in [-0.4, -0.2) is 40.6 Å². The zero-order valence-electron chi connectivity index (χ0n) is 11.9. The van der Waals surface area contributed by atoms with E-state index >= 15 is 0 Å². The Kier molecular flexibility index (Phi) is 5.21. The van der Waals surface area contributed by atoms with Gasteiger partial charge in [0.15, 0.2) is 0 Å². The third-order valence-electron chi connectivity index (χ3n) is 2.94. The summed E-state index contributed by atoms with van der Waals surface area (Å²) < 4.78 is 22.0. The maximum atomic E-state index is 12.8. The molecule has 1 aromatic heterocycles. The molecule has 0 spiro atoms. The number of hydrogen-bond donors (Lipinski definition) is 0. The minimum Gasteiger partial charge on any atom is -0.492 e. The van der Waals surface area contributed by atoms with E-state index in [2.05, 4.69) is 9.59 Å². The number of hydrogen-bond acceptors (Lipinski definition) is 5. The van der Waals surface area contributed by atoms with Crippen molar-refractivity contribution >= 4 is 17.4 Å². The van der Waals surface area contributed by atoms with Crippen LogP contribution in [0, 0.1) is 5.82 Å². The Hall–Kier alpha value is -2.02. The molecule has 0 aliphatic carbocycles. The van der Waals surface area contributed by atoms with E-state index in [9.17, 15) is 9.18 Å². The van der Waals surface area contributed by atoms with Crippen LogP contribution in [0.2, 0.25) is 0 Å². The maximum Gasteiger partial charge on any atom is 0.267 e. The van der Waals surface area contributed by atoms with E-state index in [1.165, 1.54) is 12.1 Å². The molecule has 0 aliphatic heterocycles. The molecule has 0 bridgehead atoms. The predicted molar refractivity (Wildman–Crippen MR) is 78.1 cm³/mol. The molecule has 0 unspecified atom stereocenters. The highest BCUT2D eigenvalue weighted by molar-refractivity contribution is 7.07. The van der Waals surface area contributed by atoms with E-state index in [1.54, 1.807) is 24.1 Å². The average molecular weight is 309 g/mol. The van der Waals surface area contributed by atoms with Crippen molar-refractivity contribution in [3.8, 4) is 5.75 Å². The topological polar surface area (TPSA) is 55.3 Å². The van der Waals surface area contributed by atoms with E-state index in [1.807, 2.05) is 6.92 Å². The highest BCUT2D eigenvalue weighted by Crippen LogP contribution is 2.14. The van der Waals surface area contributed by atoms with E-state index in [4.69, 9.17) is 4.74 Å². The fourth-order valence-corrected chi connectivity index (χ4v) is 2.45. The molecule has 0 fully saturated rings. The molecule has 0 saturated carbocycles. The highest BCUT2D eigenvalue weighted by atomic mass is 32.1. The molecule has 2 aromatic rings. The number of nitrogens with zero attached hydrogens (tertiary/aromatic N) is 3. The fourth-order valence-electron chi connectivity index (χ4n) is 1.71. The molecule has 112 valence electrons. The monoisotopic (exact) mass is 309 g/mol. The Morgan fingerprint density at radius 1 is 1.38 bits per heavy atom. The van der Waals surface area contributed by atoms with Crippen LogP contribution in [0.15, 0.2) is 24.3 Å². The lowest BCUT2D eigenvalue weighted by Crippen LogP contribution is -2.30. The highest BCUT2D eigenvalue weighted by Gasteiger charge is 2.18. The Balaban J connectivity index is 1.85. The minimum atomic E-state index is -0.306. The molecule has 0 aliphatic rings. The molecule has 1 amide bonds. The number of benzene rings is 1. The van der Waals surface area contributed by atoms with Gasteiger partial charge in [0.1, 0.15) is 23.1 Å². The number of amides is 1. The second-order valence-electron chi connectivity index (χ2n) is 4.43.